The highest BCUT2D eigenvalue weighted by Crippen LogP contribution is 2.34. The van der Waals surface area contributed by atoms with Crippen LogP contribution in [0.1, 0.15) is 36.0 Å². The van der Waals surface area contributed by atoms with E-state index in [1.54, 1.807) is 6.07 Å². The number of nitrogens with zero attached hydrogens (tertiary/aromatic N) is 1. The van der Waals surface area contributed by atoms with E-state index in [1.807, 2.05) is 24.4 Å². The Morgan fingerprint density at radius 3 is 2.83 bits per heavy atom. The van der Waals surface area contributed by atoms with Crippen molar-refractivity contribution < 1.29 is 19.1 Å². The van der Waals surface area contributed by atoms with Crippen LogP contribution in [0.2, 0.25) is 0 Å². The Morgan fingerprint density at radius 2 is 2.03 bits per heavy atom. The number of ether oxygens (including phenoxy) is 1. The number of amides is 2. The fourth-order valence-electron chi connectivity index (χ4n) is 5.09. The molecule has 2 aromatic rings. The first-order valence-electron chi connectivity index (χ1n) is 10.5. The van der Waals surface area contributed by atoms with Gasteiger partial charge in [-0.25, -0.2) is 0 Å². The van der Waals surface area contributed by atoms with Gasteiger partial charge in [-0.1, -0.05) is 12.8 Å². The zero-order valence-electron chi connectivity index (χ0n) is 16.5. The SMILES string of the molecule is O=C(N[C@H](C(=O)N1C[C@H](Cl)[C@H]2OCC(=O)[C@H]21)C1CCCC1)c1ccc2[nH]ccc2c1. The molecule has 1 aromatic heterocycles. The van der Waals surface area contributed by atoms with E-state index in [9.17, 15) is 14.4 Å². The lowest BCUT2D eigenvalue weighted by molar-refractivity contribution is -0.139. The van der Waals surface area contributed by atoms with Crippen LogP contribution in [-0.2, 0) is 14.3 Å². The lowest BCUT2D eigenvalue weighted by Gasteiger charge is -2.30. The Kier molecular flexibility index (Phi) is 5.03. The summed E-state index contributed by atoms with van der Waals surface area (Å²) in [6.45, 7) is 0.245. The number of nitrogens with one attached hydrogen (secondary N) is 2. The van der Waals surface area contributed by atoms with Gasteiger partial charge in [0.05, 0.1) is 5.38 Å². The number of hydrogen-bond donors (Lipinski definition) is 2. The minimum atomic E-state index is -0.669. The van der Waals surface area contributed by atoms with Crippen LogP contribution in [0.15, 0.2) is 30.5 Å². The van der Waals surface area contributed by atoms with E-state index in [0.29, 0.717) is 5.56 Å². The number of rotatable bonds is 4. The molecule has 2 saturated heterocycles. The summed E-state index contributed by atoms with van der Waals surface area (Å²) in [5, 5.41) is 3.50. The smallest absolute Gasteiger partial charge is 0.251 e. The van der Waals surface area contributed by atoms with Crippen molar-refractivity contribution in [1.82, 2.24) is 15.2 Å². The maximum absolute atomic E-state index is 13.5. The van der Waals surface area contributed by atoms with Crippen LogP contribution in [0.25, 0.3) is 10.9 Å². The van der Waals surface area contributed by atoms with Gasteiger partial charge in [0.2, 0.25) is 5.91 Å². The van der Waals surface area contributed by atoms with Crippen LogP contribution in [0.3, 0.4) is 0 Å². The third kappa shape index (κ3) is 3.30. The second-order valence-corrected chi connectivity index (χ2v) is 9.03. The molecule has 0 spiro atoms. The number of aromatic amines is 1. The number of carbonyl (C=O) groups is 3. The summed E-state index contributed by atoms with van der Waals surface area (Å²) in [6, 6.07) is 6.01. The van der Waals surface area contributed by atoms with Crippen molar-refractivity contribution in [3.05, 3.63) is 36.0 Å². The van der Waals surface area contributed by atoms with Crippen LogP contribution in [0.5, 0.6) is 0 Å². The molecule has 1 aliphatic carbocycles. The number of carbonyl (C=O) groups excluding carboxylic acids is 3. The molecule has 0 radical (unpaired) electrons. The molecule has 3 fully saturated rings. The third-order valence-electron chi connectivity index (χ3n) is 6.64. The Labute approximate surface area is 179 Å². The van der Waals surface area contributed by atoms with Gasteiger partial charge in [-0.05, 0) is 43.0 Å². The van der Waals surface area contributed by atoms with Gasteiger partial charge in [0.1, 0.15) is 24.8 Å². The Hall–Kier alpha value is -2.38. The number of fused-ring (bicyclic) bond motifs is 2. The summed E-state index contributed by atoms with van der Waals surface area (Å²) in [4.78, 5) is 43.6. The van der Waals surface area contributed by atoms with E-state index in [-0.39, 0.29) is 36.7 Å². The summed E-state index contributed by atoms with van der Waals surface area (Å²) in [5.74, 6) is -0.570. The first-order chi connectivity index (χ1) is 14.5. The molecule has 2 N–H and O–H groups in total. The largest absolute Gasteiger partial charge is 0.366 e. The molecule has 158 valence electrons. The monoisotopic (exact) mass is 429 g/mol. The number of likely N-dealkylation sites (tertiary alicyclic amines) is 1. The van der Waals surface area contributed by atoms with Crippen molar-refractivity contribution in [1.29, 1.82) is 0 Å². The van der Waals surface area contributed by atoms with Crippen molar-refractivity contribution >= 4 is 40.1 Å². The fraction of sp³-hybridized carbons (Fsp3) is 0.500. The average molecular weight is 430 g/mol. The standard InChI is InChI=1S/C22H24ClN3O4/c23-15-10-26(19-17(27)11-30-20(15)19)22(29)18(12-3-1-2-4-12)25-21(28)14-5-6-16-13(9-14)7-8-24-16/h5-9,12,15,18-20,24H,1-4,10-11H2,(H,25,28)/t15-,18-,19+,20+/m0/s1. The molecule has 0 unspecified atom stereocenters. The molecule has 3 heterocycles. The molecule has 2 aliphatic heterocycles. The quantitative estimate of drug-likeness (QED) is 0.729. The van der Waals surface area contributed by atoms with Crippen molar-refractivity contribution in [3.63, 3.8) is 0 Å². The lowest BCUT2D eigenvalue weighted by atomic mass is 9.95. The normalized spacial score (nSPS) is 27.6. The highest BCUT2D eigenvalue weighted by Gasteiger charge is 2.53. The first kappa shape index (κ1) is 19.6. The van der Waals surface area contributed by atoms with Gasteiger partial charge in [0, 0.05) is 29.2 Å². The van der Waals surface area contributed by atoms with E-state index in [1.165, 1.54) is 4.90 Å². The summed E-state index contributed by atoms with van der Waals surface area (Å²) < 4.78 is 5.51. The van der Waals surface area contributed by atoms with Crippen molar-refractivity contribution in [2.24, 2.45) is 5.92 Å². The average Bonchev–Trinajstić information content (AvgIpc) is 3.52. The van der Waals surface area contributed by atoms with Crippen LogP contribution in [0, 0.1) is 5.92 Å². The molecule has 3 aliphatic rings. The number of hydrogen-bond acceptors (Lipinski definition) is 4. The molecule has 5 rings (SSSR count). The topological polar surface area (TPSA) is 91.5 Å². The lowest BCUT2D eigenvalue weighted by Crippen LogP contribution is -2.54. The molecular weight excluding hydrogens is 406 g/mol. The van der Waals surface area contributed by atoms with Crippen molar-refractivity contribution in [3.8, 4) is 0 Å². The van der Waals surface area contributed by atoms with E-state index in [4.69, 9.17) is 16.3 Å². The van der Waals surface area contributed by atoms with E-state index in [0.717, 1.165) is 36.6 Å². The van der Waals surface area contributed by atoms with Gasteiger partial charge >= 0.3 is 0 Å². The fourth-order valence-corrected chi connectivity index (χ4v) is 5.45. The third-order valence-corrected chi connectivity index (χ3v) is 7.03. The van der Waals surface area contributed by atoms with E-state index in [2.05, 4.69) is 10.3 Å². The van der Waals surface area contributed by atoms with Gasteiger partial charge in [-0.15, -0.1) is 11.6 Å². The van der Waals surface area contributed by atoms with Crippen LogP contribution in [0.4, 0.5) is 0 Å². The number of ketones is 1. The second-order valence-electron chi connectivity index (χ2n) is 8.47. The Bertz CT molecular complexity index is 999. The molecular formula is C22H24ClN3O4. The maximum Gasteiger partial charge on any atom is 0.251 e. The summed E-state index contributed by atoms with van der Waals surface area (Å²) >= 11 is 6.37. The first-order valence-corrected chi connectivity index (χ1v) is 10.9. The second kappa shape index (κ2) is 7.71. The minimum absolute atomic E-state index is 0.0144. The van der Waals surface area contributed by atoms with Gasteiger partial charge in [-0.3, -0.25) is 14.4 Å². The highest BCUT2D eigenvalue weighted by atomic mass is 35.5. The van der Waals surface area contributed by atoms with Gasteiger partial charge < -0.3 is 19.9 Å². The summed E-state index contributed by atoms with van der Waals surface area (Å²) in [5.41, 5.74) is 1.46. The number of halogens is 1. The van der Waals surface area contributed by atoms with E-state index >= 15 is 0 Å². The maximum atomic E-state index is 13.5. The van der Waals surface area contributed by atoms with Crippen LogP contribution in [-0.4, -0.2) is 64.2 Å². The van der Waals surface area contributed by atoms with Crippen LogP contribution >= 0.6 is 11.6 Å². The zero-order valence-corrected chi connectivity index (χ0v) is 17.2. The predicted molar refractivity (Wildman–Crippen MR) is 111 cm³/mol. The summed E-state index contributed by atoms with van der Waals surface area (Å²) in [6.07, 6.45) is 5.19. The number of alkyl halides is 1. The van der Waals surface area contributed by atoms with E-state index < -0.39 is 23.6 Å². The number of Topliss-reactive ketones (excluding diaryl/α,β-unsaturated/α-hetero) is 1. The van der Waals surface area contributed by atoms with Gasteiger partial charge in [0.25, 0.3) is 5.91 Å². The molecule has 0 bridgehead atoms. The van der Waals surface area contributed by atoms with Gasteiger partial charge in [0.15, 0.2) is 5.78 Å². The highest BCUT2D eigenvalue weighted by molar-refractivity contribution is 6.22. The molecule has 7 nitrogen and oxygen atoms in total. The summed E-state index contributed by atoms with van der Waals surface area (Å²) in [7, 11) is 0. The number of benzene rings is 1. The molecule has 2 amide bonds. The molecule has 1 saturated carbocycles. The molecule has 8 heteroatoms. The number of H-pyrrole nitrogens is 1. The zero-order chi connectivity index (χ0) is 20.8. The van der Waals surface area contributed by atoms with Crippen molar-refractivity contribution in [2.45, 2.75) is 49.2 Å². The molecule has 4 atom stereocenters. The predicted octanol–water partition coefficient (Wildman–Crippen LogP) is 2.24. The minimum Gasteiger partial charge on any atom is -0.366 e. The van der Waals surface area contributed by atoms with Crippen molar-refractivity contribution in [2.75, 3.05) is 13.2 Å². The number of aromatic nitrogens is 1. The molecule has 1 aromatic carbocycles. The Morgan fingerprint density at radius 1 is 1.23 bits per heavy atom. The molecule has 30 heavy (non-hydrogen) atoms. The Balaban J connectivity index is 1.40. The van der Waals surface area contributed by atoms with Crippen LogP contribution < -0.4 is 5.32 Å². The van der Waals surface area contributed by atoms with Gasteiger partial charge in [-0.2, -0.15) is 0 Å².